The van der Waals surface area contributed by atoms with Gasteiger partial charge in [0.15, 0.2) is 0 Å². The van der Waals surface area contributed by atoms with Gasteiger partial charge in [0, 0.05) is 12.3 Å². The molecule has 2 N–H and O–H groups in total. The Bertz CT molecular complexity index is 519. The van der Waals surface area contributed by atoms with Gasteiger partial charge in [0.2, 0.25) is 5.91 Å². The van der Waals surface area contributed by atoms with Crippen molar-refractivity contribution >= 4 is 11.9 Å². The normalized spacial score (nSPS) is 23.4. The highest BCUT2D eigenvalue weighted by molar-refractivity contribution is 5.85. The second-order valence-electron chi connectivity index (χ2n) is 5.69. The standard InChI is InChI=1S/C14H19N3O3/c18-13(9-4-2-1-3-5-9)17-7-11-10(15-8-16-11)6-12(17)14(19)20/h8-9,12H,1-7H2,(H,15,16)(H,19,20). The summed E-state index contributed by atoms with van der Waals surface area (Å²) in [6, 6.07) is -0.778. The van der Waals surface area contributed by atoms with E-state index in [9.17, 15) is 14.7 Å². The third-order valence-corrected chi connectivity index (χ3v) is 4.42. The maximum absolute atomic E-state index is 12.6. The maximum Gasteiger partial charge on any atom is 0.326 e. The van der Waals surface area contributed by atoms with Gasteiger partial charge < -0.3 is 15.0 Å². The van der Waals surface area contributed by atoms with E-state index < -0.39 is 12.0 Å². The van der Waals surface area contributed by atoms with Crippen molar-refractivity contribution in [3.8, 4) is 0 Å². The topological polar surface area (TPSA) is 86.3 Å². The first-order chi connectivity index (χ1) is 9.66. The van der Waals surface area contributed by atoms with E-state index in [4.69, 9.17) is 0 Å². The highest BCUT2D eigenvalue weighted by Gasteiger charge is 2.38. The molecular formula is C14H19N3O3. The highest BCUT2D eigenvalue weighted by atomic mass is 16.4. The summed E-state index contributed by atoms with van der Waals surface area (Å²) >= 11 is 0. The molecule has 0 aromatic carbocycles. The molecule has 0 spiro atoms. The lowest BCUT2D eigenvalue weighted by Crippen LogP contribution is -2.50. The number of nitrogens with zero attached hydrogens (tertiary/aromatic N) is 2. The number of carbonyl (C=O) groups excluding carboxylic acids is 1. The van der Waals surface area contributed by atoms with Crippen molar-refractivity contribution in [2.45, 2.75) is 51.1 Å². The van der Waals surface area contributed by atoms with E-state index >= 15 is 0 Å². The molecule has 6 heteroatoms. The molecule has 0 saturated heterocycles. The molecule has 0 bridgehead atoms. The molecule has 1 saturated carbocycles. The van der Waals surface area contributed by atoms with Gasteiger partial charge in [-0.2, -0.15) is 0 Å². The van der Waals surface area contributed by atoms with Crippen LogP contribution in [0, 0.1) is 5.92 Å². The largest absolute Gasteiger partial charge is 0.480 e. The first-order valence-corrected chi connectivity index (χ1v) is 7.21. The SMILES string of the molecule is O=C(O)C1Cc2nc[nH]c2CN1C(=O)C1CCCCC1. The smallest absolute Gasteiger partial charge is 0.326 e. The van der Waals surface area contributed by atoms with Crippen LogP contribution < -0.4 is 0 Å². The average molecular weight is 277 g/mol. The van der Waals surface area contributed by atoms with Crippen LogP contribution in [0.4, 0.5) is 0 Å². The van der Waals surface area contributed by atoms with E-state index in [2.05, 4.69) is 9.97 Å². The predicted octanol–water partition coefficient (Wildman–Crippen LogP) is 1.33. The van der Waals surface area contributed by atoms with E-state index in [-0.39, 0.29) is 11.8 Å². The molecular weight excluding hydrogens is 258 g/mol. The lowest BCUT2D eigenvalue weighted by Gasteiger charge is -2.35. The summed E-state index contributed by atoms with van der Waals surface area (Å²) in [4.78, 5) is 32.8. The molecule has 1 amide bonds. The van der Waals surface area contributed by atoms with Gasteiger partial charge >= 0.3 is 5.97 Å². The number of H-pyrrole nitrogens is 1. The highest BCUT2D eigenvalue weighted by Crippen LogP contribution is 2.29. The van der Waals surface area contributed by atoms with Crippen molar-refractivity contribution in [1.29, 1.82) is 0 Å². The van der Waals surface area contributed by atoms with E-state index in [0.29, 0.717) is 13.0 Å². The lowest BCUT2D eigenvalue weighted by molar-refractivity contribution is -0.154. The molecule has 0 radical (unpaired) electrons. The van der Waals surface area contributed by atoms with Gasteiger partial charge in [-0.15, -0.1) is 0 Å². The number of aliphatic carboxylic acids is 1. The first kappa shape index (κ1) is 13.1. The average Bonchev–Trinajstić information content (AvgIpc) is 2.93. The fourth-order valence-electron chi connectivity index (χ4n) is 3.27. The van der Waals surface area contributed by atoms with Crippen LogP contribution in [-0.4, -0.2) is 37.9 Å². The number of amides is 1. The number of aromatic nitrogens is 2. The first-order valence-electron chi connectivity index (χ1n) is 7.21. The minimum Gasteiger partial charge on any atom is -0.480 e. The van der Waals surface area contributed by atoms with Crippen LogP contribution >= 0.6 is 0 Å². The zero-order valence-corrected chi connectivity index (χ0v) is 11.3. The summed E-state index contributed by atoms with van der Waals surface area (Å²) in [6.07, 6.45) is 6.95. The van der Waals surface area contributed by atoms with Crippen LogP contribution in [0.2, 0.25) is 0 Å². The fraction of sp³-hybridized carbons (Fsp3) is 0.643. The van der Waals surface area contributed by atoms with Gasteiger partial charge in [-0.1, -0.05) is 19.3 Å². The quantitative estimate of drug-likeness (QED) is 0.853. The van der Waals surface area contributed by atoms with Crippen molar-refractivity contribution < 1.29 is 14.7 Å². The number of hydrogen-bond donors (Lipinski definition) is 2. The molecule has 2 aliphatic rings. The molecule has 3 rings (SSSR count). The Balaban J connectivity index is 1.82. The summed E-state index contributed by atoms with van der Waals surface area (Å²) in [5, 5.41) is 9.39. The minimum absolute atomic E-state index is 0.00245. The van der Waals surface area contributed by atoms with Gasteiger partial charge in [-0.25, -0.2) is 9.78 Å². The summed E-state index contributed by atoms with van der Waals surface area (Å²) in [5.74, 6) is -0.949. The zero-order chi connectivity index (χ0) is 14.1. The number of imidazole rings is 1. The molecule has 6 nitrogen and oxygen atoms in total. The number of fused-ring (bicyclic) bond motifs is 1. The Morgan fingerprint density at radius 2 is 2.05 bits per heavy atom. The van der Waals surface area contributed by atoms with Crippen molar-refractivity contribution in [1.82, 2.24) is 14.9 Å². The molecule has 1 aromatic rings. The van der Waals surface area contributed by atoms with E-state index in [1.54, 1.807) is 6.33 Å². The second-order valence-corrected chi connectivity index (χ2v) is 5.69. The molecule has 20 heavy (non-hydrogen) atoms. The van der Waals surface area contributed by atoms with Crippen LogP contribution in [0.1, 0.15) is 43.5 Å². The molecule has 1 fully saturated rings. The molecule has 1 aliphatic heterocycles. The number of aromatic amines is 1. The van der Waals surface area contributed by atoms with Crippen molar-refractivity contribution in [2.24, 2.45) is 5.92 Å². The molecule has 1 atom stereocenters. The number of carboxylic acids is 1. The minimum atomic E-state index is -0.942. The van der Waals surface area contributed by atoms with Gasteiger partial charge in [0.1, 0.15) is 6.04 Å². The predicted molar refractivity (Wildman–Crippen MR) is 70.8 cm³/mol. The summed E-state index contributed by atoms with van der Waals surface area (Å²) < 4.78 is 0. The van der Waals surface area contributed by atoms with Crippen LogP contribution in [0.5, 0.6) is 0 Å². The Morgan fingerprint density at radius 1 is 1.30 bits per heavy atom. The number of carboxylic acid groups (broad SMARTS) is 1. The maximum atomic E-state index is 12.6. The number of hydrogen-bond acceptors (Lipinski definition) is 3. The number of rotatable bonds is 2. The molecule has 1 aromatic heterocycles. The summed E-state index contributed by atoms with van der Waals surface area (Å²) in [7, 11) is 0. The molecule has 2 heterocycles. The van der Waals surface area contributed by atoms with E-state index in [1.165, 1.54) is 11.3 Å². The van der Waals surface area contributed by atoms with Crippen LogP contribution in [0.15, 0.2) is 6.33 Å². The van der Waals surface area contributed by atoms with E-state index in [0.717, 1.165) is 37.1 Å². The van der Waals surface area contributed by atoms with Crippen LogP contribution in [0.3, 0.4) is 0 Å². The molecule has 108 valence electrons. The van der Waals surface area contributed by atoms with E-state index in [1.807, 2.05) is 0 Å². The van der Waals surface area contributed by atoms with Gasteiger partial charge in [0.25, 0.3) is 0 Å². The Hall–Kier alpha value is -1.85. The molecule has 1 unspecified atom stereocenters. The number of nitrogens with one attached hydrogen (secondary N) is 1. The Kier molecular flexibility index (Phi) is 3.46. The van der Waals surface area contributed by atoms with Gasteiger partial charge in [-0.3, -0.25) is 4.79 Å². The molecule has 1 aliphatic carbocycles. The van der Waals surface area contributed by atoms with Crippen molar-refractivity contribution in [3.63, 3.8) is 0 Å². The summed E-state index contributed by atoms with van der Waals surface area (Å²) in [6.45, 7) is 0.335. The fourth-order valence-corrected chi connectivity index (χ4v) is 3.27. The second kappa shape index (κ2) is 5.26. The van der Waals surface area contributed by atoms with Crippen molar-refractivity contribution in [3.05, 3.63) is 17.7 Å². The third kappa shape index (κ3) is 2.30. The summed E-state index contributed by atoms with van der Waals surface area (Å²) in [5.41, 5.74) is 1.64. The Labute approximate surface area is 117 Å². The third-order valence-electron chi connectivity index (χ3n) is 4.42. The van der Waals surface area contributed by atoms with Gasteiger partial charge in [0.05, 0.1) is 24.3 Å². The van der Waals surface area contributed by atoms with Crippen molar-refractivity contribution in [2.75, 3.05) is 0 Å². The Morgan fingerprint density at radius 3 is 2.75 bits per heavy atom. The lowest BCUT2D eigenvalue weighted by atomic mass is 9.87. The van der Waals surface area contributed by atoms with Gasteiger partial charge in [-0.05, 0) is 12.8 Å². The van der Waals surface area contributed by atoms with Crippen LogP contribution in [-0.2, 0) is 22.6 Å². The monoisotopic (exact) mass is 277 g/mol. The zero-order valence-electron chi connectivity index (χ0n) is 11.3. The number of carbonyl (C=O) groups is 2. The van der Waals surface area contributed by atoms with Crippen LogP contribution in [0.25, 0.3) is 0 Å².